The average Bonchev–Trinajstić information content (AvgIpc) is 3.03. The molecule has 0 aliphatic carbocycles. The smallest absolute Gasteiger partial charge is 0.0935 e. The van der Waals surface area contributed by atoms with Crippen LogP contribution in [0.2, 0.25) is 0 Å². The number of halogens is 1. The number of hydrogen-bond acceptors (Lipinski definition) is 2. The summed E-state index contributed by atoms with van der Waals surface area (Å²) in [6, 6.07) is 20.9. The van der Waals surface area contributed by atoms with Crippen molar-refractivity contribution in [2.45, 2.75) is 19.5 Å². The van der Waals surface area contributed by atoms with E-state index in [-0.39, 0.29) is 6.67 Å². The van der Waals surface area contributed by atoms with Gasteiger partial charge in [0.1, 0.15) is 0 Å². The third-order valence-corrected chi connectivity index (χ3v) is 4.05. The summed E-state index contributed by atoms with van der Waals surface area (Å²) < 4.78 is 11.8. The number of alkyl halides is 1. The van der Waals surface area contributed by atoms with Gasteiger partial charge in [0.25, 0.3) is 0 Å². The van der Waals surface area contributed by atoms with Crippen molar-refractivity contribution in [2.24, 2.45) is 5.92 Å². The Morgan fingerprint density at radius 3 is 1.83 bits per heavy atom. The van der Waals surface area contributed by atoms with Crippen LogP contribution in [0.5, 0.6) is 0 Å². The highest BCUT2D eigenvalue weighted by atomic mass is 19.1. The zero-order chi connectivity index (χ0) is 16.3. The van der Waals surface area contributed by atoms with E-state index in [0.29, 0.717) is 5.92 Å². The summed E-state index contributed by atoms with van der Waals surface area (Å²) in [4.78, 5) is 2.17. The maximum Gasteiger partial charge on any atom is 0.0935 e. The molecule has 2 aromatic carbocycles. The van der Waals surface area contributed by atoms with E-state index in [1.165, 1.54) is 11.1 Å². The largest absolute Gasteiger partial charge is 0.309 e. The maximum atomic E-state index is 11.8. The zero-order valence-electron chi connectivity index (χ0n) is 13.9. The van der Waals surface area contributed by atoms with E-state index in [9.17, 15) is 4.39 Å². The van der Waals surface area contributed by atoms with Crippen molar-refractivity contribution >= 4 is 0 Å². The minimum Gasteiger partial charge on any atom is -0.309 e. The first kappa shape index (κ1) is 17.6. The maximum absolute atomic E-state index is 11.8. The van der Waals surface area contributed by atoms with Gasteiger partial charge < -0.3 is 10.2 Å². The highest BCUT2D eigenvalue weighted by molar-refractivity contribution is 5.16. The summed E-state index contributed by atoms with van der Waals surface area (Å²) in [6.07, 6.45) is 1.05. The van der Waals surface area contributed by atoms with Crippen molar-refractivity contribution in [3.8, 4) is 0 Å². The quantitative estimate of drug-likeness (QED) is 0.901. The van der Waals surface area contributed by atoms with Gasteiger partial charge in [0.05, 0.1) is 6.67 Å². The van der Waals surface area contributed by atoms with Crippen molar-refractivity contribution in [1.29, 1.82) is 0 Å². The molecule has 0 bridgehead atoms. The van der Waals surface area contributed by atoms with Gasteiger partial charge in [-0.3, -0.25) is 4.39 Å². The lowest BCUT2D eigenvalue weighted by Gasteiger charge is -2.04. The van der Waals surface area contributed by atoms with E-state index in [0.717, 1.165) is 32.6 Å². The van der Waals surface area contributed by atoms with Gasteiger partial charge in [0.15, 0.2) is 0 Å². The van der Waals surface area contributed by atoms with Crippen molar-refractivity contribution in [3.05, 3.63) is 71.8 Å². The molecule has 23 heavy (non-hydrogen) atoms. The predicted octanol–water partition coefficient (Wildman–Crippen LogP) is 3.88. The van der Waals surface area contributed by atoms with Crippen LogP contribution >= 0.6 is 0 Å². The van der Waals surface area contributed by atoms with E-state index < -0.39 is 0 Å². The number of nitrogens with one attached hydrogen (secondary N) is 1. The molecule has 1 saturated heterocycles. The molecule has 1 heterocycles. The van der Waals surface area contributed by atoms with Gasteiger partial charge in [0.2, 0.25) is 0 Å². The number of rotatable bonds is 5. The fourth-order valence-electron chi connectivity index (χ4n) is 2.70. The van der Waals surface area contributed by atoms with E-state index in [1.54, 1.807) is 0 Å². The Kier molecular flexibility index (Phi) is 7.78. The fraction of sp³-hybridized carbons (Fsp3) is 0.400. The normalized spacial score (nSPS) is 17.6. The average molecular weight is 314 g/mol. The molecule has 0 spiro atoms. The Labute approximate surface area is 139 Å². The first-order chi connectivity index (χ1) is 11.3. The third kappa shape index (κ3) is 6.93. The molecule has 1 atom stereocenters. The van der Waals surface area contributed by atoms with Crippen LogP contribution in [0, 0.1) is 5.92 Å². The summed E-state index contributed by atoms with van der Waals surface area (Å²) in [5.41, 5.74) is 2.65. The van der Waals surface area contributed by atoms with Gasteiger partial charge >= 0.3 is 0 Å². The number of nitrogens with zero attached hydrogens (tertiary/aromatic N) is 1. The van der Waals surface area contributed by atoms with Crippen molar-refractivity contribution in [2.75, 3.05) is 26.8 Å². The summed E-state index contributed by atoms with van der Waals surface area (Å²) in [7, 11) is 2.04. The molecule has 2 nitrogen and oxygen atoms in total. The zero-order valence-corrected chi connectivity index (χ0v) is 13.9. The molecule has 124 valence electrons. The Balaban J connectivity index is 0.000000203. The molecule has 1 fully saturated rings. The summed E-state index contributed by atoms with van der Waals surface area (Å²) in [6.45, 7) is 3.75. The van der Waals surface area contributed by atoms with Crippen LogP contribution in [0.15, 0.2) is 60.7 Å². The molecule has 3 heteroatoms. The molecule has 0 saturated carbocycles. The Morgan fingerprint density at radius 2 is 1.48 bits per heavy atom. The minimum absolute atomic E-state index is 0.135. The molecule has 0 amide bonds. The van der Waals surface area contributed by atoms with Gasteiger partial charge in [-0.05, 0) is 31.1 Å². The molecule has 0 radical (unpaired) electrons. The van der Waals surface area contributed by atoms with E-state index in [2.05, 4.69) is 58.7 Å². The highest BCUT2D eigenvalue weighted by Gasteiger charge is 2.18. The lowest BCUT2D eigenvalue weighted by Crippen LogP contribution is -2.14. The summed E-state index contributed by atoms with van der Waals surface area (Å²) in [5, 5.41) is 3.42. The monoisotopic (exact) mass is 314 g/mol. The SMILES string of the molecule is CN1CCC(CF)C1.c1ccc(CNCc2ccccc2)cc1. The molecule has 1 N–H and O–H groups in total. The van der Waals surface area contributed by atoms with Gasteiger partial charge in [-0.1, -0.05) is 60.7 Å². The van der Waals surface area contributed by atoms with E-state index in [4.69, 9.17) is 0 Å². The van der Waals surface area contributed by atoms with Crippen LogP contribution in [0.25, 0.3) is 0 Å². The Morgan fingerprint density at radius 1 is 0.957 bits per heavy atom. The molecule has 2 aromatic rings. The van der Waals surface area contributed by atoms with Gasteiger partial charge in [-0.25, -0.2) is 0 Å². The number of likely N-dealkylation sites (tertiary alicyclic amines) is 1. The molecule has 1 aliphatic rings. The van der Waals surface area contributed by atoms with E-state index >= 15 is 0 Å². The van der Waals surface area contributed by atoms with Gasteiger partial charge in [-0.15, -0.1) is 0 Å². The van der Waals surface area contributed by atoms with Crippen LogP contribution < -0.4 is 5.32 Å². The van der Waals surface area contributed by atoms with Crippen molar-refractivity contribution < 1.29 is 4.39 Å². The molecular weight excluding hydrogens is 287 g/mol. The lowest BCUT2D eigenvalue weighted by molar-refractivity contribution is 0.342. The Bertz CT molecular complexity index is 490. The van der Waals surface area contributed by atoms with Crippen LogP contribution in [0.3, 0.4) is 0 Å². The Hall–Kier alpha value is -1.71. The van der Waals surface area contributed by atoms with Crippen molar-refractivity contribution in [1.82, 2.24) is 10.2 Å². The molecular formula is C20H27FN2. The van der Waals surface area contributed by atoms with Gasteiger partial charge in [0, 0.05) is 25.6 Å². The second-order valence-corrected chi connectivity index (χ2v) is 6.15. The van der Waals surface area contributed by atoms with Crippen LogP contribution in [-0.2, 0) is 13.1 Å². The first-order valence-electron chi connectivity index (χ1n) is 8.31. The van der Waals surface area contributed by atoms with Crippen LogP contribution in [0.1, 0.15) is 17.5 Å². The number of hydrogen-bond donors (Lipinski definition) is 1. The fourth-order valence-corrected chi connectivity index (χ4v) is 2.70. The first-order valence-corrected chi connectivity index (χ1v) is 8.31. The third-order valence-electron chi connectivity index (χ3n) is 4.05. The second-order valence-electron chi connectivity index (χ2n) is 6.15. The van der Waals surface area contributed by atoms with Crippen molar-refractivity contribution in [3.63, 3.8) is 0 Å². The number of benzene rings is 2. The van der Waals surface area contributed by atoms with Gasteiger partial charge in [-0.2, -0.15) is 0 Å². The second kappa shape index (κ2) is 10.1. The topological polar surface area (TPSA) is 15.3 Å². The highest BCUT2D eigenvalue weighted by Crippen LogP contribution is 2.13. The van der Waals surface area contributed by atoms with E-state index in [1.807, 2.05) is 19.2 Å². The molecule has 0 aromatic heterocycles. The van der Waals surface area contributed by atoms with Crippen LogP contribution in [0.4, 0.5) is 4.39 Å². The summed E-state index contributed by atoms with van der Waals surface area (Å²) in [5.74, 6) is 0.333. The standard InChI is InChI=1S/C14H15N.C6H12FN/c1-3-7-13(8-4-1)11-15-12-14-9-5-2-6-10-14;1-8-3-2-6(4-7)5-8/h1-10,15H,11-12H2;6H,2-5H2,1H3. The molecule has 3 rings (SSSR count). The molecule has 1 unspecified atom stereocenters. The predicted molar refractivity (Wildman–Crippen MR) is 95.0 cm³/mol. The lowest BCUT2D eigenvalue weighted by atomic mass is 10.1. The summed E-state index contributed by atoms with van der Waals surface area (Å²) >= 11 is 0. The minimum atomic E-state index is -0.135. The van der Waals surface area contributed by atoms with Crippen LogP contribution in [-0.4, -0.2) is 31.7 Å². The molecule has 1 aliphatic heterocycles.